The monoisotopic (exact) mass is 490 g/mol. The van der Waals surface area contributed by atoms with Crippen molar-refractivity contribution in [1.82, 2.24) is 19.7 Å². The standard InChI is InChI=1S/C23H18F4N4O4/c1-30(21(33)10-3-4-16-13(5-10)22(34-2)31(29-16)23(26)27)18-9-35-8-17-19(18)11-6-14(24)15(25)7-12(11)20(32)28-17/h3-7,18,23H,8-9H2,1-2H3,(H,28,32)/t18-/m0/s1. The molecule has 0 fully saturated rings. The number of rotatable bonds is 4. The molecule has 1 aliphatic rings. The van der Waals surface area contributed by atoms with Gasteiger partial charge in [0.05, 0.1) is 42.7 Å². The topological polar surface area (TPSA) is 89.4 Å². The van der Waals surface area contributed by atoms with Crippen LogP contribution >= 0.6 is 0 Å². The predicted molar refractivity (Wildman–Crippen MR) is 117 cm³/mol. The minimum atomic E-state index is -2.93. The average molecular weight is 490 g/mol. The van der Waals surface area contributed by atoms with Gasteiger partial charge in [-0.1, -0.05) is 0 Å². The number of amides is 1. The van der Waals surface area contributed by atoms with Crippen molar-refractivity contribution in [2.75, 3.05) is 20.8 Å². The van der Waals surface area contributed by atoms with E-state index in [0.29, 0.717) is 15.9 Å². The average Bonchev–Trinajstić information content (AvgIpc) is 3.22. The van der Waals surface area contributed by atoms with E-state index in [-0.39, 0.29) is 46.3 Å². The number of nitrogens with zero attached hydrogens (tertiary/aromatic N) is 3. The second-order valence-electron chi connectivity index (χ2n) is 8.07. The number of fused-ring (bicyclic) bond motifs is 4. The summed E-state index contributed by atoms with van der Waals surface area (Å²) in [7, 11) is 2.71. The van der Waals surface area contributed by atoms with Crippen molar-refractivity contribution in [2.45, 2.75) is 19.2 Å². The summed E-state index contributed by atoms with van der Waals surface area (Å²) in [5.41, 5.74) is 0.549. The Morgan fingerprint density at radius 2 is 1.91 bits per heavy atom. The van der Waals surface area contributed by atoms with Gasteiger partial charge < -0.3 is 19.4 Å². The van der Waals surface area contributed by atoms with E-state index in [1.807, 2.05) is 0 Å². The molecule has 3 heterocycles. The van der Waals surface area contributed by atoms with Gasteiger partial charge in [0.25, 0.3) is 11.5 Å². The number of pyridine rings is 1. The number of ether oxygens (including phenoxy) is 2. The van der Waals surface area contributed by atoms with Crippen LogP contribution in [0.4, 0.5) is 17.6 Å². The van der Waals surface area contributed by atoms with E-state index in [9.17, 15) is 27.2 Å². The molecule has 2 aromatic heterocycles. The molecular weight excluding hydrogens is 472 g/mol. The van der Waals surface area contributed by atoms with Gasteiger partial charge in [-0.15, -0.1) is 0 Å². The van der Waals surface area contributed by atoms with Crippen LogP contribution in [0.1, 0.15) is 34.2 Å². The molecule has 0 aliphatic carbocycles. The fraction of sp³-hybridized carbons (Fsp3) is 0.261. The number of alkyl halides is 2. The summed E-state index contributed by atoms with van der Waals surface area (Å²) in [6.45, 7) is -2.88. The molecular formula is C23H18F4N4O4. The number of hydrogen-bond donors (Lipinski definition) is 1. The van der Waals surface area contributed by atoms with Gasteiger partial charge in [-0.05, 0) is 35.7 Å². The summed E-state index contributed by atoms with van der Waals surface area (Å²) in [5, 5.41) is 4.14. The predicted octanol–water partition coefficient (Wildman–Crippen LogP) is 3.90. The molecule has 1 aliphatic heterocycles. The third kappa shape index (κ3) is 3.60. The van der Waals surface area contributed by atoms with Gasteiger partial charge >= 0.3 is 6.55 Å². The lowest BCUT2D eigenvalue weighted by Crippen LogP contribution is -2.37. The molecule has 0 saturated carbocycles. The Kier molecular flexibility index (Phi) is 5.47. The number of aromatic amines is 1. The Balaban J connectivity index is 1.59. The molecule has 4 aromatic rings. The molecule has 1 N–H and O–H groups in total. The summed E-state index contributed by atoms with van der Waals surface area (Å²) in [6, 6.07) is 5.26. The Labute approximate surface area is 194 Å². The van der Waals surface area contributed by atoms with Crippen molar-refractivity contribution >= 4 is 27.6 Å². The Morgan fingerprint density at radius 3 is 2.60 bits per heavy atom. The maximum absolute atomic E-state index is 14.1. The van der Waals surface area contributed by atoms with Gasteiger partial charge in [0.15, 0.2) is 11.6 Å². The molecule has 1 amide bonds. The van der Waals surface area contributed by atoms with Crippen LogP contribution < -0.4 is 10.3 Å². The molecule has 0 unspecified atom stereocenters. The molecule has 35 heavy (non-hydrogen) atoms. The third-order valence-electron chi connectivity index (χ3n) is 6.10. The number of H-pyrrole nitrogens is 1. The molecule has 1 atom stereocenters. The van der Waals surface area contributed by atoms with E-state index in [4.69, 9.17) is 9.47 Å². The number of halogens is 4. The number of aromatic nitrogens is 3. The van der Waals surface area contributed by atoms with Crippen molar-refractivity contribution in [3.05, 3.63) is 69.1 Å². The zero-order valence-electron chi connectivity index (χ0n) is 18.4. The highest BCUT2D eigenvalue weighted by molar-refractivity contribution is 5.99. The lowest BCUT2D eigenvalue weighted by molar-refractivity contribution is 0.0336. The van der Waals surface area contributed by atoms with Crippen LogP contribution in [-0.4, -0.2) is 46.3 Å². The first kappa shape index (κ1) is 22.8. The largest absolute Gasteiger partial charge is 0.481 e. The van der Waals surface area contributed by atoms with Crippen molar-refractivity contribution in [3.8, 4) is 5.88 Å². The van der Waals surface area contributed by atoms with Crippen molar-refractivity contribution < 1.29 is 31.8 Å². The van der Waals surface area contributed by atoms with Crippen LogP contribution in [0, 0.1) is 11.6 Å². The number of carbonyl (C=O) groups is 1. The fourth-order valence-electron chi connectivity index (χ4n) is 4.44. The smallest absolute Gasteiger partial charge is 0.336 e. The van der Waals surface area contributed by atoms with E-state index >= 15 is 0 Å². The van der Waals surface area contributed by atoms with Crippen LogP contribution in [0.15, 0.2) is 35.1 Å². The summed E-state index contributed by atoms with van der Waals surface area (Å²) in [5.74, 6) is -2.98. The molecule has 0 saturated heterocycles. The van der Waals surface area contributed by atoms with Crippen LogP contribution in [0.25, 0.3) is 21.7 Å². The minimum Gasteiger partial charge on any atom is -0.481 e. The Hall–Kier alpha value is -3.93. The number of carbonyl (C=O) groups excluding carboxylic acids is 1. The van der Waals surface area contributed by atoms with E-state index in [1.54, 1.807) is 0 Å². The molecule has 2 aromatic carbocycles. The van der Waals surface area contributed by atoms with Crippen LogP contribution in [0.5, 0.6) is 5.88 Å². The van der Waals surface area contributed by atoms with Gasteiger partial charge in [-0.3, -0.25) is 9.59 Å². The summed E-state index contributed by atoms with van der Waals surface area (Å²) >= 11 is 0. The number of likely N-dealkylation sites (N-methyl/N-ethyl adjacent to an activating group) is 1. The van der Waals surface area contributed by atoms with Crippen molar-refractivity contribution in [3.63, 3.8) is 0 Å². The number of hydrogen-bond acceptors (Lipinski definition) is 5. The van der Waals surface area contributed by atoms with Gasteiger partial charge in [0.1, 0.15) is 0 Å². The molecule has 5 rings (SSSR count). The first-order chi connectivity index (χ1) is 16.7. The zero-order chi connectivity index (χ0) is 25.0. The zero-order valence-corrected chi connectivity index (χ0v) is 18.4. The van der Waals surface area contributed by atoms with Crippen LogP contribution in [-0.2, 0) is 11.3 Å². The first-order valence-corrected chi connectivity index (χ1v) is 10.4. The first-order valence-electron chi connectivity index (χ1n) is 10.4. The quantitative estimate of drug-likeness (QED) is 0.439. The minimum absolute atomic E-state index is 0.0218. The van der Waals surface area contributed by atoms with Crippen molar-refractivity contribution in [1.29, 1.82) is 0 Å². The van der Waals surface area contributed by atoms with E-state index in [1.165, 1.54) is 37.3 Å². The van der Waals surface area contributed by atoms with Gasteiger partial charge in [0, 0.05) is 23.9 Å². The SMILES string of the molecule is COc1c2cc(C(=O)N(C)[C@H]3COCc4[nH]c(=O)c5cc(F)c(F)cc5c43)ccc2nn1C(F)F. The third-order valence-corrected chi connectivity index (χ3v) is 6.10. The summed E-state index contributed by atoms with van der Waals surface area (Å²) in [6.07, 6.45) is 0. The highest BCUT2D eigenvalue weighted by atomic mass is 19.3. The van der Waals surface area contributed by atoms with Gasteiger partial charge in [-0.25, -0.2) is 8.78 Å². The number of nitrogens with one attached hydrogen (secondary N) is 1. The lowest BCUT2D eigenvalue weighted by atomic mass is 9.95. The maximum atomic E-state index is 14.1. The Morgan fingerprint density at radius 1 is 1.20 bits per heavy atom. The summed E-state index contributed by atoms with van der Waals surface area (Å²) < 4.78 is 65.6. The summed E-state index contributed by atoms with van der Waals surface area (Å²) in [4.78, 5) is 29.8. The second-order valence-corrected chi connectivity index (χ2v) is 8.07. The normalized spacial score (nSPS) is 15.6. The Bertz CT molecular complexity index is 1550. The van der Waals surface area contributed by atoms with E-state index < -0.39 is 35.7 Å². The van der Waals surface area contributed by atoms with Gasteiger partial charge in [0.2, 0.25) is 5.88 Å². The highest BCUT2D eigenvalue weighted by Crippen LogP contribution is 2.35. The molecule has 182 valence electrons. The van der Waals surface area contributed by atoms with E-state index in [2.05, 4.69) is 10.1 Å². The lowest BCUT2D eigenvalue weighted by Gasteiger charge is -2.34. The fourth-order valence-corrected chi connectivity index (χ4v) is 4.44. The van der Waals surface area contributed by atoms with Gasteiger partial charge in [-0.2, -0.15) is 18.6 Å². The number of methoxy groups -OCH3 is 1. The maximum Gasteiger partial charge on any atom is 0.336 e. The van der Waals surface area contributed by atoms with Crippen LogP contribution in [0.3, 0.4) is 0 Å². The highest BCUT2D eigenvalue weighted by Gasteiger charge is 2.32. The molecule has 12 heteroatoms. The molecule has 8 nitrogen and oxygen atoms in total. The van der Waals surface area contributed by atoms with Crippen LogP contribution in [0.2, 0.25) is 0 Å². The number of benzene rings is 2. The molecule has 0 radical (unpaired) electrons. The molecule has 0 spiro atoms. The second kappa shape index (κ2) is 8.38. The van der Waals surface area contributed by atoms with Crippen molar-refractivity contribution in [2.24, 2.45) is 0 Å². The van der Waals surface area contributed by atoms with E-state index in [0.717, 1.165) is 12.1 Å². The molecule has 0 bridgehead atoms.